The number of rotatable bonds is 5. The first-order chi connectivity index (χ1) is 10.4. The maximum absolute atomic E-state index is 12.0. The lowest BCUT2D eigenvalue weighted by Crippen LogP contribution is -2.30. The Balaban J connectivity index is 2.15. The van der Waals surface area contributed by atoms with Gasteiger partial charge in [-0.05, 0) is 31.9 Å². The van der Waals surface area contributed by atoms with Crippen molar-refractivity contribution < 1.29 is 17.9 Å². The molecule has 1 atom stereocenters. The van der Waals surface area contributed by atoms with Crippen molar-refractivity contribution in [3.8, 4) is 5.75 Å². The highest BCUT2D eigenvalue weighted by Gasteiger charge is 2.31. The van der Waals surface area contributed by atoms with Crippen molar-refractivity contribution >= 4 is 22.0 Å². The van der Waals surface area contributed by atoms with Crippen LogP contribution in [0.3, 0.4) is 0 Å². The molecule has 0 N–H and O–H groups in total. The molecule has 0 bridgehead atoms. The summed E-state index contributed by atoms with van der Waals surface area (Å²) in [6.07, 6.45) is 4.35. The number of benzene rings is 1. The number of hydrogen-bond acceptors (Lipinski definition) is 4. The Labute approximate surface area is 131 Å². The van der Waals surface area contributed by atoms with E-state index in [0.717, 1.165) is 16.3 Å². The summed E-state index contributed by atoms with van der Waals surface area (Å²) in [4.78, 5) is 12.0. The topological polar surface area (TPSA) is 63.7 Å². The van der Waals surface area contributed by atoms with Crippen LogP contribution < -0.4 is 4.74 Å². The van der Waals surface area contributed by atoms with Crippen LogP contribution in [0.4, 0.5) is 0 Å². The molecule has 22 heavy (non-hydrogen) atoms. The largest absolute Gasteiger partial charge is 0.490 e. The molecule has 0 aliphatic carbocycles. The molecule has 5 nitrogen and oxygen atoms in total. The van der Waals surface area contributed by atoms with Gasteiger partial charge in [0.1, 0.15) is 5.75 Å². The molecule has 1 aliphatic heterocycles. The number of hydrogen-bond donors (Lipinski definition) is 0. The smallest absolute Gasteiger partial charge is 0.260 e. The van der Waals surface area contributed by atoms with E-state index in [-0.39, 0.29) is 18.4 Å². The van der Waals surface area contributed by atoms with E-state index in [9.17, 15) is 13.2 Å². The minimum Gasteiger partial charge on any atom is -0.490 e. The molecule has 0 unspecified atom stereocenters. The maximum atomic E-state index is 12.0. The normalized spacial score (nSPS) is 18.5. The highest BCUT2D eigenvalue weighted by atomic mass is 32.2. The monoisotopic (exact) mass is 323 g/mol. The molecule has 1 amide bonds. The lowest BCUT2D eigenvalue weighted by Gasteiger charge is -2.15. The van der Waals surface area contributed by atoms with E-state index >= 15 is 0 Å². The number of nitrogens with zero attached hydrogens (tertiary/aromatic N) is 1. The Bertz CT molecular complexity index is 666. The van der Waals surface area contributed by atoms with E-state index in [4.69, 9.17) is 4.74 Å². The zero-order valence-corrected chi connectivity index (χ0v) is 13.7. The van der Waals surface area contributed by atoms with Gasteiger partial charge in [0.25, 0.3) is 5.91 Å². The lowest BCUT2D eigenvalue weighted by atomic mass is 10.2. The van der Waals surface area contributed by atoms with Crippen LogP contribution in [0.2, 0.25) is 0 Å². The maximum Gasteiger partial charge on any atom is 0.260 e. The van der Waals surface area contributed by atoms with Crippen LogP contribution in [-0.4, -0.2) is 37.0 Å². The molecular weight excluding hydrogens is 302 g/mol. The van der Waals surface area contributed by atoms with Gasteiger partial charge in [0.15, 0.2) is 0 Å². The van der Waals surface area contributed by atoms with Gasteiger partial charge in [0, 0.05) is 18.2 Å². The quantitative estimate of drug-likeness (QED) is 0.781. The van der Waals surface area contributed by atoms with E-state index in [1.807, 2.05) is 38.1 Å². The first-order valence-electron chi connectivity index (χ1n) is 7.42. The van der Waals surface area contributed by atoms with Crippen LogP contribution >= 0.6 is 0 Å². The van der Waals surface area contributed by atoms with Crippen molar-refractivity contribution in [1.29, 1.82) is 0 Å². The standard InChI is InChI=1S/C16H21NO4S/c1-3-13(2)21-15-8-5-4-7-14(15)9-10-16(18)17-11-6-12-22(17,19)20/h4-5,7-10,13H,3,6,11-12H2,1-2H3/b10-9-/t13-/m1/s1. The Morgan fingerprint density at radius 3 is 2.77 bits per heavy atom. The third-order valence-electron chi connectivity index (χ3n) is 3.57. The van der Waals surface area contributed by atoms with Gasteiger partial charge in [0.2, 0.25) is 10.0 Å². The number of amides is 1. The van der Waals surface area contributed by atoms with Gasteiger partial charge in [-0.3, -0.25) is 4.79 Å². The minimum atomic E-state index is -3.42. The first kappa shape index (κ1) is 16.5. The molecule has 0 saturated carbocycles. The molecule has 0 spiro atoms. The predicted octanol–water partition coefficient (Wildman–Crippen LogP) is 2.44. The molecule has 2 rings (SSSR count). The van der Waals surface area contributed by atoms with Crippen LogP contribution in [0.25, 0.3) is 6.08 Å². The Kier molecular flexibility index (Phi) is 5.24. The number of sulfonamides is 1. The summed E-state index contributed by atoms with van der Waals surface area (Å²) in [5.41, 5.74) is 0.757. The van der Waals surface area contributed by atoms with Gasteiger partial charge in [-0.25, -0.2) is 12.7 Å². The van der Waals surface area contributed by atoms with Gasteiger partial charge in [0.05, 0.1) is 11.9 Å². The Hall–Kier alpha value is -1.82. The van der Waals surface area contributed by atoms with Crippen LogP contribution in [0.1, 0.15) is 32.3 Å². The second-order valence-corrected chi connectivity index (χ2v) is 7.30. The molecule has 0 radical (unpaired) electrons. The second kappa shape index (κ2) is 6.96. The zero-order valence-electron chi connectivity index (χ0n) is 12.9. The molecule has 1 saturated heterocycles. The van der Waals surface area contributed by atoms with Crippen molar-refractivity contribution in [2.45, 2.75) is 32.8 Å². The molecule has 1 aromatic carbocycles. The highest BCUT2D eigenvalue weighted by Crippen LogP contribution is 2.22. The minimum absolute atomic E-state index is 0.0420. The Morgan fingerprint density at radius 2 is 2.14 bits per heavy atom. The zero-order chi connectivity index (χ0) is 16.2. The van der Waals surface area contributed by atoms with E-state index in [1.165, 1.54) is 6.08 Å². The summed E-state index contributed by atoms with van der Waals surface area (Å²) < 4.78 is 30.2. The van der Waals surface area contributed by atoms with E-state index in [0.29, 0.717) is 12.2 Å². The number of para-hydroxylation sites is 1. The summed E-state index contributed by atoms with van der Waals surface area (Å²) in [6, 6.07) is 7.38. The summed E-state index contributed by atoms with van der Waals surface area (Å²) in [6.45, 7) is 4.27. The van der Waals surface area contributed by atoms with Crippen LogP contribution in [-0.2, 0) is 14.8 Å². The summed E-state index contributed by atoms with van der Waals surface area (Å²) in [7, 11) is -3.42. The fourth-order valence-electron chi connectivity index (χ4n) is 2.16. The van der Waals surface area contributed by atoms with Crippen molar-refractivity contribution in [2.24, 2.45) is 0 Å². The molecule has 6 heteroatoms. The molecular formula is C16H21NO4S. The summed E-state index contributed by atoms with van der Waals surface area (Å²) in [5.74, 6) is 0.223. The van der Waals surface area contributed by atoms with Gasteiger partial charge < -0.3 is 4.74 Å². The molecule has 1 fully saturated rings. The third kappa shape index (κ3) is 3.88. The van der Waals surface area contributed by atoms with Crippen LogP contribution in [0, 0.1) is 0 Å². The van der Waals surface area contributed by atoms with Crippen molar-refractivity contribution in [3.05, 3.63) is 35.9 Å². The van der Waals surface area contributed by atoms with Crippen molar-refractivity contribution in [1.82, 2.24) is 4.31 Å². The molecule has 1 aliphatic rings. The van der Waals surface area contributed by atoms with E-state index in [2.05, 4.69) is 0 Å². The lowest BCUT2D eigenvalue weighted by molar-refractivity contribution is -0.121. The van der Waals surface area contributed by atoms with Crippen LogP contribution in [0.5, 0.6) is 5.75 Å². The molecule has 1 aromatic rings. The second-order valence-electron chi connectivity index (χ2n) is 5.29. The predicted molar refractivity (Wildman–Crippen MR) is 86.0 cm³/mol. The summed E-state index contributed by atoms with van der Waals surface area (Å²) in [5, 5.41) is 0. The molecule has 120 valence electrons. The fraction of sp³-hybridized carbons (Fsp3) is 0.438. The highest BCUT2D eigenvalue weighted by molar-refractivity contribution is 7.89. The average Bonchev–Trinajstić information content (AvgIpc) is 2.85. The molecule has 0 aromatic heterocycles. The van der Waals surface area contributed by atoms with Crippen molar-refractivity contribution in [2.75, 3.05) is 12.3 Å². The van der Waals surface area contributed by atoms with Gasteiger partial charge in [-0.15, -0.1) is 0 Å². The SMILES string of the molecule is CC[C@@H](C)Oc1ccccc1/C=C\C(=O)N1CCCS1(=O)=O. The Morgan fingerprint density at radius 1 is 1.41 bits per heavy atom. The van der Waals surface area contributed by atoms with Gasteiger partial charge >= 0.3 is 0 Å². The van der Waals surface area contributed by atoms with Gasteiger partial charge in [-0.1, -0.05) is 25.1 Å². The molecule has 1 heterocycles. The van der Waals surface area contributed by atoms with Gasteiger partial charge in [-0.2, -0.15) is 0 Å². The number of carbonyl (C=O) groups is 1. The summed E-state index contributed by atoms with van der Waals surface area (Å²) >= 11 is 0. The van der Waals surface area contributed by atoms with Crippen molar-refractivity contribution in [3.63, 3.8) is 0 Å². The van der Waals surface area contributed by atoms with Crippen LogP contribution in [0.15, 0.2) is 30.3 Å². The first-order valence-corrected chi connectivity index (χ1v) is 9.03. The van der Waals surface area contributed by atoms with E-state index < -0.39 is 15.9 Å². The fourth-order valence-corrected chi connectivity index (χ4v) is 3.61. The average molecular weight is 323 g/mol. The number of ether oxygens (including phenoxy) is 1. The van der Waals surface area contributed by atoms with E-state index in [1.54, 1.807) is 6.08 Å². The third-order valence-corrected chi connectivity index (χ3v) is 5.41. The number of carbonyl (C=O) groups excluding carboxylic acids is 1.